The monoisotopic (exact) mass is 526 g/mol. The lowest BCUT2D eigenvalue weighted by Gasteiger charge is -2.18. The van der Waals surface area contributed by atoms with Gasteiger partial charge in [0.15, 0.2) is 0 Å². The van der Waals surface area contributed by atoms with Crippen LogP contribution in [0.2, 0.25) is 0 Å². The third-order valence-corrected chi connectivity index (χ3v) is 6.54. The van der Waals surface area contributed by atoms with Gasteiger partial charge in [0.2, 0.25) is 5.91 Å². The van der Waals surface area contributed by atoms with E-state index in [4.69, 9.17) is 5.73 Å². The van der Waals surface area contributed by atoms with Crippen LogP contribution in [0.3, 0.4) is 0 Å². The van der Waals surface area contributed by atoms with Gasteiger partial charge in [-0.3, -0.25) is 14.3 Å². The van der Waals surface area contributed by atoms with E-state index in [-0.39, 0.29) is 38.9 Å². The van der Waals surface area contributed by atoms with Crippen molar-refractivity contribution in [3.05, 3.63) is 77.1 Å². The molecule has 5 N–H and O–H groups in total. The van der Waals surface area contributed by atoms with Crippen LogP contribution in [-0.2, 0) is 23.9 Å². The molecule has 0 unspecified atom stereocenters. The minimum absolute atomic E-state index is 0.0199. The fourth-order valence-electron chi connectivity index (χ4n) is 3.56. The van der Waals surface area contributed by atoms with Gasteiger partial charge in [0.1, 0.15) is 28.3 Å². The number of thiophene rings is 1. The zero-order chi connectivity index (χ0) is 26.9. The van der Waals surface area contributed by atoms with Gasteiger partial charge in [-0.1, -0.05) is 6.07 Å². The van der Waals surface area contributed by atoms with Crippen LogP contribution < -0.4 is 16.4 Å². The van der Waals surface area contributed by atoms with E-state index in [9.17, 15) is 23.5 Å². The number of hydrogen-bond donors (Lipinski definition) is 4. The van der Waals surface area contributed by atoms with Crippen molar-refractivity contribution < 1.29 is 23.5 Å². The number of nitrogens with two attached hydrogens (primary N) is 1. The molecule has 2 amide bonds. The number of nitrogens with one attached hydrogen (secondary N) is 2. The first kappa shape index (κ1) is 25.9. The second kappa shape index (κ2) is 10.1. The third-order valence-electron chi connectivity index (χ3n) is 5.47. The number of pyridine rings is 1. The molecule has 0 spiro atoms. The average molecular weight is 527 g/mol. The number of aryl methyl sites for hydroxylation is 1. The molecule has 0 aliphatic carbocycles. The van der Waals surface area contributed by atoms with Gasteiger partial charge in [0.25, 0.3) is 5.91 Å². The van der Waals surface area contributed by atoms with Crippen molar-refractivity contribution in [3.63, 3.8) is 0 Å². The van der Waals surface area contributed by atoms with Gasteiger partial charge in [-0.2, -0.15) is 5.10 Å². The summed E-state index contributed by atoms with van der Waals surface area (Å²) in [7, 11) is 1.70. The number of rotatable bonds is 8. The van der Waals surface area contributed by atoms with E-state index in [2.05, 4.69) is 20.7 Å². The largest absolute Gasteiger partial charge is 0.386 e. The van der Waals surface area contributed by atoms with Crippen LogP contribution in [0.1, 0.15) is 35.5 Å². The maximum atomic E-state index is 14.9. The molecule has 37 heavy (non-hydrogen) atoms. The normalized spacial score (nSPS) is 11.4. The minimum atomic E-state index is -1.44. The lowest BCUT2D eigenvalue weighted by atomic mass is 9.96. The highest BCUT2D eigenvalue weighted by atomic mass is 32.1. The molecule has 0 aliphatic heterocycles. The molecule has 192 valence electrons. The Kier molecular flexibility index (Phi) is 7.05. The summed E-state index contributed by atoms with van der Waals surface area (Å²) >= 11 is 0.918. The summed E-state index contributed by atoms with van der Waals surface area (Å²) in [6, 6.07) is 10.0. The summed E-state index contributed by atoms with van der Waals surface area (Å²) in [5, 5.41) is 20.0. The van der Waals surface area contributed by atoms with E-state index >= 15 is 0 Å². The second-order valence-electron chi connectivity index (χ2n) is 8.80. The number of carbonyl (C=O) groups excluding carboxylic acids is 2. The SMILES string of the molecule is Cn1nccc1NC(=O)Cc1cccc(Nc2sc(-c3c(F)cc(C(C)(C)O)cc3F)cc2C(N)=O)n1. The van der Waals surface area contributed by atoms with Crippen molar-refractivity contribution in [1.29, 1.82) is 0 Å². The van der Waals surface area contributed by atoms with E-state index in [1.807, 2.05) is 0 Å². The highest BCUT2D eigenvalue weighted by Gasteiger charge is 2.24. The standard InChI is InChI=1S/C25H24F2N6O3S/c1-25(2,36)13-9-16(26)22(17(27)10-13)18-12-15(23(28)35)24(37-18)31-19-6-4-5-14(30-19)11-21(34)32-20-7-8-29-33(20)3/h4-10,12,36H,11H2,1-3H3,(H2,28,35)(H,30,31)(H,32,34). The van der Waals surface area contributed by atoms with Gasteiger partial charge in [0.05, 0.1) is 35.0 Å². The molecular formula is C25H24F2N6O3S. The van der Waals surface area contributed by atoms with Crippen LogP contribution in [-0.4, -0.2) is 31.7 Å². The molecule has 3 heterocycles. The van der Waals surface area contributed by atoms with Crippen LogP contribution in [0.4, 0.5) is 25.4 Å². The summed E-state index contributed by atoms with van der Waals surface area (Å²) in [5.74, 6) is -2.04. The lowest BCUT2D eigenvalue weighted by molar-refractivity contribution is -0.115. The molecule has 0 saturated carbocycles. The fraction of sp³-hybridized carbons (Fsp3) is 0.200. The van der Waals surface area contributed by atoms with Crippen molar-refractivity contribution in [2.24, 2.45) is 12.8 Å². The predicted molar refractivity (Wildman–Crippen MR) is 136 cm³/mol. The van der Waals surface area contributed by atoms with E-state index < -0.39 is 23.1 Å². The molecule has 0 aliphatic rings. The molecule has 3 aromatic heterocycles. The zero-order valence-electron chi connectivity index (χ0n) is 20.2. The number of hydrogen-bond acceptors (Lipinski definition) is 7. The van der Waals surface area contributed by atoms with E-state index in [1.165, 1.54) is 24.6 Å². The first-order valence-corrected chi connectivity index (χ1v) is 11.9. The van der Waals surface area contributed by atoms with Crippen LogP contribution >= 0.6 is 11.3 Å². The summed E-state index contributed by atoms with van der Waals surface area (Å²) in [6.45, 7) is 2.84. The molecule has 1 aromatic carbocycles. The van der Waals surface area contributed by atoms with Gasteiger partial charge in [-0.05, 0) is 49.7 Å². The number of halogens is 2. The quantitative estimate of drug-likeness (QED) is 0.273. The number of benzene rings is 1. The van der Waals surface area contributed by atoms with Crippen LogP contribution in [0.5, 0.6) is 0 Å². The molecule has 0 fully saturated rings. The fourth-order valence-corrected chi connectivity index (χ4v) is 4.68. The summed E-state index contributed by atoms with van der Waals surface area (Å²) < 4.78 is 31.3. The number of primary amides is 1. The van der Waals surface area contributed by atoms with E-state index in [1.54, 1.807) is 37.5 Å². The average Bonchev–Trinajstić information content (AvgIpc) is 3.39. The summed E-state index contributed by atoms with van der Waals surface area (Å²) in [4.78, 5) is 29.0. The Hall–Kier alpha value is -4.16. The number of nitrogens with zero attached hydrogens (tertiary/aromatic N) is 3. The first-order chi connectivity index (χ1) is 17.4. The van der Waals surface area contributed by atoms with Crippen molar-refractivity contribution in [1.82, 2.24) is 14.8 Å². The van der Waals surface area contributed by atoms with Crippen molar-refractivity contribution >= 4 is 39.8 Å². The van der Waals surface area contributed by atoms with Crippen molar-refractivity contribution in [3.8, 4) is 10.4 Å². The Labute approximate surface area is 215 Å². The second-order valence-corrected chi connectivity index (χ2v) is 9.85. The molecule has 0 saturated heterocycles. The lowest BCUT2D eigenvalue weighted by Crippen LogP contribution is -2.17. The molecule has 9 nitrogen and oxygen atoms in total. The van der Waals surface area contributed by atoms with Gasteiger partial charge in [-0.15, -0.1) is 11.3 Å². The Morgan fingerprint density at radius 1 is 1.16 bits per heavy atom. The van der Waals surface area contributed by atoms with Crippen LogP contribution in [0.15, 0.2) is 48.7 Å². The zero-order valence-corrected chi connectivity index (χ0v) is 21.0. The molecule has 12 heteroatoms. The number of amides is 2. The van der Waals surface area contributed by atoms with E-state index in [0.717, 1.165) is 23.5 Å². The smallest absolute Gasteiger partial charge is 0.251 e. The Bertz CT molecular complexity index is 1470. The van der Waals surface area contributed by atoms with Gasteiger partial charge in [0, 0.05) is 18.0 Å². The Balaban J connectivity index is 1.59. The van der Waals surface area contributed by atoms with Crippen LogP contribution in [0.25, 0.3) is 10.4 Å². The maximum Gasteiger partial charge on any atom is 0.251 e. The van der Waals surface area contributed by atoms with Crippen molar-refractivity contribution in [2.45, 2.75) is 25.9 Å². The summed E-state index contributed by atoms with van der Waals surface area (Å²) in [5.41, 5.74) is 4.27. The Morgan fingerprint density at radius 3 is 2.46 bits per heavy atom. The number of anilines is 3. The van der Waals surface area contributed by atoms with Gasteiger partial charge in [-0.25, -0.2) is 13.8 Å². The molecule has 0 bridgehead atoms. The van der Waals surface area contributed by atoms with Gasteiger partial charge < -0.3 is 21.5 Å². The third kappa shape index (κ3) is 5.81. The molecular weight excluding hydrogens is 502 g/mol. The first-order valence-electron chi connectivity index (χ1n) is 11.1. The topological polar surface area (TPSA) is 135 Å². The maximum absolute atomic E-state index is 14.9. The highest BCUT2D eigenvalue weighted by molar-refractivity contribution is 7.20. The summed E-state index contributed by atoms with van der Waals surface area (Å²) in [6.07, 6.45) is 1.53. The molecule has 4 rings (SSSR count). The Morgan fingerprint density at radius 2 is 1.86 bits per heavy atom. The number of carbonyl (C=O) groups is 2. The molecule has 0 atom stereocenters. The van der Waals surface area contributed by atoms with Gasteiger partial charge >= 0.3 is 0 Å². The van der Waals surface area contributed by atoms with Crippen molar-refractivity contribution in [2.75, 3.05) is 10.6 Å². The number of aromatic nitrogens is 3. The molecule has 4 aromatic rings. The number of aliphatic hydroxyl groups is 1. The van der Waals surface area contributed by atoms with E-state index in [0.29, 0.717) is 17.3 Å². The highest BCUT2D eigenvalue weighted by Crippen LogP contribution is 2.40. The predicted octanol–water partition coefficient (Wildman–Crippen LogP) is 4.07. The molecule has 0 radical (unpaired) electrons. The van der Waals surface area contributed by atoms with Crippen LogP contribution in [0, 0.1) is 11.6 Å². The minimum Gasteiger partial charge on any atom is -0.386 e.